The van der Waals surface area contributed by atoms with Crippen LogP contribution in [-0.2, 0) is 19.1 Å². The van der Waals surface area contributed by atoms with Crippen molar-refractivity contribution in [3.8, 4) is 67.5 Å². The molecule has 12 bridgehead atoms. The fourth-order valence-electron chi connectivity index (χ4n) is 9.79. The summed E-state index contributed by atoms with van der Waals surface area (Å²) in [6.07, 6.45) is 12.4. The Morgan fingerprint density at radius 2 is 0.643 bits per heavy atom. The Hall–Kier alpha value is -7.20. The standard InChI is InChI=1S/C60H62N2O8/c1-65-57(63)59-33-35-60(36-34-59,58(64)66-2)42-62-56-53-15-12-16-54(56)46-23-31-50(32-24-46)70-40-10-6-4-8-38-68-48-27-19-44(20-28-48)52-14-11-13-51(55(52)61-41-59)43-17-25-47(26-18-43)67-37-7-3-5-9-39-69-49-29-21-45(53)22-30-49/h11-32,41-42H,3-10,33-40H2,1-2H3. The molecule has 0 saturated heterocycles. The van der Waals surface area contributed by atoms with E-state index in [1.807, 2.05) is 60.7 Å². The van der Waals surface area contributed by atoms with Crippen molar-refractivity contribution in [1.82, 2.24) is 0 Å². The van der Waals surface area contributed by atoms with Gasteiger partial charge in [-0.25, -0.2) is 0 Å². The third-order valence-corrected chi connectivity index (χ3v) is 14.0. The molecule has 1 aliphatic carbocycles. The van der Waals surface area contributed by atoms with Crippen molar-refractivity contribution in [3.05, 3.63) is 133 Å². The molecule has 1 saturated carbocycles. The summed E-state index contributed by atoms with van der Waals surface area (Å²) in [5, 5.41) is 0. The van der Waals surface area contributed by atoms with E-state index in [0.29, 0.717) is 37.8 Å². The Morgan fingerprint density at radius 1 is 0.386 bits per heavy atom. The second kappa shape index (κ2) is 22.5. The third-order valence-electron chi connectivity index (χ3n) is 14.0. The lowest BCUT2D eigenvalue weighted by molar-refractivity contribution is -0.156. The first-order valence-corrected chi connectivity index (χ1v) is 24.8. The van der Waals surface area contributed by atoms with E-state index in [0.717, 1.165) is 119 Å². The largest absolute Gasteiger partial charge is 0.494 e. The second-order valence-corrected chi connectivity index (χ2v) is 18.5. The van der Waals surface area contributed by atoms with Gasteiger partial charge in [0.15, 0.2) is 0 Å². The molecule has 10 heteroatoms. The monoisotopic (exact) mass is 938 g/mol. The summed E-state index contributed by atoms with van der Waals surface area (Å²) in [6.45, 7) is 2.47. The number of rotatable bonds is 2. The van der Waals surface area contributed by atoms with E-state index in [9.17, 15) is 9.59 Å². The van der Waals surface area contributed by atoms with Gasteiger partial charge in [0.25, 0.3) is 0 Å². The SMILES string of the molecule is COC(=O)C12C=Nc3c4cccc3-c3ccc(cc3)OCCCCCCOc3ccc(cc3)-c3cccc(c3N=CC(C(=O)OC)(CC1)CC2)-c1ccc(cc1)OCCCCCCOc1ccc-4cc1. The Labute approximate surface area is 411 Å². The predicted molar refractivity (Wildman–Crippen MR) is 277 cm³/mol. The smallest absolute Gasteiger partial charge is 0.317 e. The van der Waals surface area contributed by atoms with Gasteiger partial charge in [-0.3, -0.25) is 19.6 Å². The number of carbonyl (C=O) groups excluding carboxylic acids is 2. The molecule has 0 aromatic heterocycles. The number of carbonyl (C=O) groups is 2. The lowest BCUT2D eigenvalue weighted by atomic mass is 9.64. The van der Waals surface area contributed by atoms with E-state index in [1.165, 1.54) is 14.2 Å². The predicted octanol–water partition coefficient (Wildman–Crippen LogP) is 14.0. The van der Waals surface area contributed by atoms with Crippen molar-refractivity contribution in [2.24, 2.45) is 20.8 Å². The Kier molecular flexibility index (Phi) is 15.4. The number of methoxy groups -OCH3 is 2. The minimum absolute atomic E-state index is 0.261. The van der Waals surface area contributed by atoms with Gasteiger partial charge in [-0.2, -0.15) is 0 Å². The number of ether oxygens (including phenoxy) is 6. The quantitative estimate of drug-likeness (QED) is 0.158. The van der Waals surface area contributed by atoms with E-state index < -0.39 is 22.8 Å². The number of aliphatic imine (C=N–C) groups is 2. The molecule has 1 fully saturated rings. The second-order valence-electron chi connectivity index (χ2n) is 18.5. The van der Waals surface area contributed by atoms with Crippen LogP contribution < -0.4 is 18.9 Å². The minimum atomic E-state index is -1.15. The molecule has 0 atom stereocenters. The van der Waals surface area contributed by atoms with E-state index in [4.69, 9.17) is 38.4 Å². The highest BCUT2D eigenvalue weighted by Crippen LogP contribution is 2.48. The van der Waals surface area contributed by atoms with Crippen molar-refractivity contribution >= 4 is 35.7 Å². The first kappa shape index (κ1) is 47.8. The summed E-state index contributed by atoms with van der Waals surface area (Å²) in [5.74, 6) is 2.36. The van der Waals surface area contributed by atoms with Crippen LogP contribution in [0.4, 0.5) is 11.4 Å². The van der Waals surface area contributed by atoms with Crippen LogP contribution in [0.25, 0.3) is 44.5 Å². The molecule has 10 aliphatic heterocycles. The van der Waals surface area contributed by atoms with Crippen molar-refractivity contribution in [2.75, 3.05) is 40.6 Å². The van der Waals surface area contributed by atoms with Crippen molar-refractivity contribution in [2.45, 2.75) is 77.0 Å². The Bertz CT molecular complexity index is 2440. The van der Waals surface area contributed by atoms with Crippen LogP contribution in [0.5, 0.6) is 23.0 Å². The highest BCUT2D eigenvalue weighted by atomic mass is 16.5. The lowest BCUT2D eigenvalue weighted by Crippen LogP contribution is -2.45. The van der Waals surface area contributed by atoms with Crippen LogP contribution in [0.1, 0.15) is 77.0 Å². The first-order chi connectivity index (χ1) is 34.4. The maximum absolute atomic E-state index is 14.2. The van der Waals surface area contributed by atoms with Crippen LogP contribution in [0, 0.1) is 10.8 Å². The highest BCUT2D eigenvalue weighted by molar-refractivity contribution is 6.02. The molecule has 17 rings (SSSR count). The summed E-state index contributed by atoms with van der Waals surface area (Å²) in [4.78, 5) is 38.9. The van der Waals surface area contributed by atoms with Gasteiger partial charge in [0.1, 0.15) is 33.8 Å². The zero-order valence-electron chi connectivity index (χ0n) is 40.3. The number of hydrogen-bond acceptors (Lipinski definition) is 10. The number of nitrogens with zero attached hydrogens (tertiary/aromatic N) is 2. The summed E-state index contributed by atoms with van der Waals surface area (Å²) in [5.41, 5.74) is 6.50. The van der Waals surface area contributed by atoms with Crippen LogP contribution in [0.2, 0.25) is 0 Å². The van der Waals surface area contributed by atoms with E-state index >= 15 is 0 Å². The topological polar surface area (TPSA) is 114 Å². The fourth-order valence-corrected chi connectivity index (χ4v) is 9.79. The lowest BCUT2D eigenvalue weighted by Gasteiger charge is -2.39. The molecule has 10 nitrogen and oxygen atoms in total. The van der Waals surface area contributed by atoms with Crippen LogP contribution in [0.3, 0.4) is 0 Å². The van der Waals surface area contributed by atoms with E-state index in [2.05, 4.69) is 72.8 Å². The van der Waals surface area contributed by atoms with Gasteiger partial charge in [-0.1, -0.05) is 84.9 Å². The number of hydrogen-bond donors (Lipinski definition) is 0. The molecule has 6 aromatic carbocycles. The van der Waals surface area contributed by atoms with E-state index in [1.54, 1.807) is 12.4 Å². The van der Waals surface area contributed by atoms with Gasteiger partial charge < -0.3 is 28.4 Å². The van der Waals surface area contributed by atoms with Crippen LogP contribution in [-0.4, -0.2) is 65.0 Å². The maximum atomic E-state index is 14.2. The average Bonchev–Trinajstić information content (AvgIpc) is 3.41. The molecule has 10 heterocycles. The fraction of sp³-hybridized carbons (Fsp3) is 0.333. The normalized spacial score (nSPS) is 19.8. The zero-order chi connectivity index (χ0) is 48.2. The summed E-state index contributed by atoms with van der Waals surface area (Å²) in [7, 11) is 2.81. The Balaban J connectivity index is 1.18. The molecule has 0 N–H and O–H groups in total. The molecule has 0 spiro atoms. The summed E-state index contributed by atoms with van der Waals surface area (Å²) >= 11 is 0. The van der Waals surface area contributed by atoms with Crippen molar-refractivity contribution in [3.63, 3.8) is 0 Å². The maximum Gasteiger partial charge on any atom is 0.317 e. The van der Waals surface area contributed by atoms with Crippen molar-refractivity contribution in [1.29, 1.82) is 0 Å². The molecule has 0 amide bonds. The van der Waals surface area contributed by atoms with Gasteiger partial charge >= 0.3 is 11.9 Å². The average molecular weight is 939 g/mol. The van der Waals surface area contributed by atoms with Crippen LogP contribution in [0.15, 0.2) is 143 Å². The van der Waals surface area contributed by atoms with Gasteiger partial charge in [-0.05, 0) is 148 Å². The first-order valence-electron chi connectivity index (χ1n) is 24.8. The van der Waals surface area contributed by atoms with Gasteiger partial charge in [0, 0.05) is 34.7 Å². The summed E-state index contributed by atoms with van der Waals surface area (Å²) < 4.78 is 35.9. The number of para-hydroxylation sites is 2. The van der Waals surface area contributed by atoms with Gasteiger partial charge in [0.05, 0.1) is 52.0 Å². The highest BCUT2D eigenvalue weighted by Gasteiger charge is 2.50. The molecule has 6 aromatic rings. The molecular formula is C60H62N2O8. The van der Waals surface area contributed by atoms with Gasteiger partial charge in [-0.15, -0.1) is 0 Å². The third kappa shape index (κ3) is 11.0. The summed E-state index contributed by atoms with van der Waals surface area (Å²) in [6, 6.07) is 44.8. The molecule has 70 heavy (non-hydrogen) atoms. The van der Waals surface area contributed by atoms with Crippen LogP contribution >= 0.6 is 0 Å². The van der Waals surface area contributed by atoms with Crippen molar-refractivity contribution < 1.29 is 38.0 Å². The Morgan fingerprint density at radius 3 is 0.886 bits per heavy atom. The molecular weight excluding hydrogens is 877 g/mol. The van der Waals surface area contributed by atoms with E-state index in [-0.39, 0.29) is 25.7 Å². The number of benzene rings is 6. The van der Waals surface area contributed by atoms with Gasteiger partial charge in [0.2, 0.25) is 0 Å². The molecule has 0 radical (unpaired) electrons. The minimum Gasteiger partial charge on any atom is -0.494 e. The molecule has 360 valence electrons. The molecule has 0 unspecified atom stereocenters. The molecule has 11 aliphatic rings. The zero-order valence-corrected chi connectivity index (χ0v) is 40.3. The number of esters is 2.